The minimum atomic E-state index is -0.481. The number of aromatic amines is 1. The topological polar surface area (TPSA) is 75.0 Å². The molecule has 0 aliphatic carbocycles. The van der Waals surface area contributed by atoms with Crippen molar-refractivity contribution >= 4 is 11.7 Å². The zero-order chi connectivity index (χ0) is 11.1. The van der Waals surface area contributed by atoms with Crippen molar-refractivity contribution in [2.24, 2.45) is 5.73 Å². The number of carbonyl (C=O) groups is 1. The third-order valence-electron chi connectivity index (χ3n) is 2.13. The largest absolute Gasteiger partial charge is 0.366 e. The molecule has 0 saturated carbocycles. The van der Waals surface area contributed by atoms with Gasteiger partial charge in [-0.25, -0.2) is 0 Å². The van der Waals surface area contributed by atoms with Crippen LogP contribution in [0.15, 0.2) is 24.9 Å². The summed E-state index contributed by atoms with van der Waals surface area (Å²) in [5, 5.41) is 6.86. The summed E-state index contributed by atoms with van der Waals surface area (Å²) in [4.78, 5) is 11.8. The van der Waals surface area contributed by atoms with E-state index in [0.29, 0.717) is 0 Å². The van der Waals surface area contributed by atoms with Gasteiger partial charge in [0.25, 0.3) is 0 Å². The van der Waals surface area contributed by atoms with Crippen LogP contribution in [0, 0.1) is 0 Å². The Balaban J connectivity index is 0.000000195. The number of H-pyrrole nitrogens is 1. The minimum absolute atomic E-state index is 0.481. The molecule has 1 amide bonds. The van der Waals surface area contributed by atoms with E-state index in [2.05, 4.69) is 27.4 Å². The molecule has 1 aromatic rings. The minimum Gasteiger partial charge on any atom is -0.366 e. The van der Waals surface area contributed by atoms with Gasteiger partial charge in [-0.2, -0.15) is 5.10 Å². The van der Waals surface area contributed by atoms with E-state index in [1.165, 1.54) is 25.9 Å². The summed E-state index contributed by atoms with van der Waals surface area (Å²) in [6, 6.07) is 2.02. The van der Waals surface area contributed by atoms with Crippen LogP contribution in [0.3, 0.4) is 0 Å². The SMILES string of the molecule is C=CC(N)=O.c1cc(N2CCCC2)[nH]n1. The highest BCUT2D eigenvalue weighted by molar-refractivity contribution is 5.84. The van der Waals surface area contributed by atoms with Gasteiger partial charge < -0.3 is 10.6 Å². The first-order chi connectivity index (χ1) is 7.24. The van der Waals surface area contributed by atoms with Crippen LogP contribution in [-0.4, -0.2) is 29.2 Å². The number of rotatable bonds is 2. The van der Waals surface area contributed by atoms with Crippen molar-refractivity contribution in [2.45, 2.75) is 12.8 Å². The number of hydrogen-bond donors (Lipinski definition) is 2. The molecule has 0 atom stereocenters. The third-order valence-corrected chi connectivity index (χ3v) is 2.13. The van der Waals surface area contributed by atoms with Crippen LogP contribution in [0.1, 0.15) is 12.8 Å². The maximum absolute atomic E-state index is 9.47. The molecule has 1 aliphatic rings. The number of hydrogen-bond acceptors (Lipinski definition) is 3. The molecule has 0 bridgehead atoms. The van der Waals surface area contributed by atoms with Gasteiger partial charge in [-0.3, -0.25) is 9.89 Å². The van der Waals surface area contributed by atoms with Crippen molar-refractivity contribution < 1.29 is 4.79 Å². The Kier molecular flexibility index (Phi) is 4.40. The van der Waals surface area contributed by atoms with Gasteiger partial charge in [0.2, 0.25) is 5.91 Å². The first-order valence-electron chi connectivity index (χ1n) is 4.90. The van der Waals surface area contributed by atoms with Gasteiger partial charge in [-0.05, 0) is 18.9 Å². The van der Waals surface area contributed by atoms with Crippen molar-refractivity contribution in [3.05, 3.63) is 24.9 Å². The van der Waals surface area contributed by atoms with E-state index < -0.39 is 5.91 Å². The smallest absolute Gasteiger partial charge is 0.240 e. The van der Waals surface area contributed by atoms with Gasteiger partial charge in [0.1, 0.15) is 5.82 Å². The molecule has 0 aromatic carbocycles. The highest BCUT2D eigenvalue weighted by Gasteiger charge is 2.11. The molecule has 5 heteroatoms. The fourth-order valence-corrected chi connectivity index (χ4v) is 1.38. The summed E-state index contributed by atoms with van der Waals surface area (Å²) in [6.07, 6.45) is 5.49. The predicted molar refractivity (Wildman–Crippen MR) is 59.4 cm³/mol. The fraction of sp³-hybridized carbons (Fsp3) is 0.400. The van der Waals surface area contributed by atoms with Gasteiger partial charge in [0, 0.05) is 19.2 Å². The normalized spacial score (nSPS) is 14.3. The van der Waals surface area contributed by atoms with E-state index in [4.69, 9.17) is 0 Å². The Hall–Kier alpha value is -1.78. The number of carbonyl (C=O) groups excluding carboxylic acids is 1. The van der Waals surface area contributed by atoms with E-state index in [1.807, 2.05) is 6.07 Å². The second-order valence-electron chi connectivity index (χ2n) is 3.24. The molecule has 2 heterocycles. The van der Waals surface area contributed by atoms with Crippen LogP contribution >= 0.6 is 0 Å². The predicted octanol–water partition coefficient (Wildman–Crippen LogP) is 0.668. The fourth-order valence-electron chi connectivity index (χ4n) is 1.38. The molecule has 1 aromatic heterocycles. The maximum Gasteiger partial charge on any atom is 0.240 e. The molecule has 82 valence electrons. The van der Waals surface area contributed by atoms with Crippen molar-refractivity contribution in [3.8, 4) is 0 Å². The molecule has 3 N–H and O–H groups in total. The number of anilines is 1. The number of primary amides is 1. The Bertz CT molecular complexity index is 301. The highest BCUT2D eigenvalue weighted by Crippen LogP contribution is 2.15. The lowest BCUT2D eigenvalue weighted by Gasteiger charge is -2.13. The monoisotopic (exact) mass is 208 g/mol. The first-order valence-corrected chi connectivity index (χ1v) is 4.90. The average molecular weight is 208 g/mol. The quantitative estimate of drug-likeness (QED) is 0.701. The lowest BCUT2D eigenvalue weighted by molar-refractivity contribution is -0.113. The molecule has 2 rings (SSSR count). The first kappa shape index (κ1) is 11.3. The maximum atomic E-state index is 9.47. The number of amides is 1. The summed E-state index contributed by atoms with van der Waals surface area (Å²) in [6.45, 7) is 5.45. The molecule has 0 unspecified atom stereocenters. The summed E-state index contributed by atoms with van der Waals surface area (Å²) >= 11 is 0. The van der Waals surface area contributed by atoms with Crippen molar-refractivity contribution in [1.29, 1.82) is 0 Å². The van der Waals surface area contributed by atoms with E-state index >= 15 is 0 Å². The van der Waals surface area contributed by atoms with Gasteiger partial charge in [-0.1, -0.05) is 6.58 Å². The lowest BCUT2D eigenvalue weighted by Crippen LogP contribution is -2.17. The van der Waals surface area contributed by atoms with Crippen LogP contribution in [-0.2, 0) is 4.79 Å². The number of nitrogens with two attached hydrogens (primary N) is 1. The molecule has 1 fully saturated rings. The van der Waals surface area contributed by atoms with E-state index in [1.54, 1.807) is 6.20 Å². The van der Waals surface area contributed by atoms with Crippen LogP contribution in [0.25, 0.3) is 0 Å². The average Bonchev–Trinajstić information content (AvgIpc) is 2.90. The highest BCUT2D eigenvalue weighted by atomic mass is 16.1. The standard InChI is InChI=1S/C7H11N3.C3H5NO/c1-2-6-10(5-1)7-3-4-8-9-7;1-2-3(4)5/h3-4H,1-2,5-6H2,(H,8,9);2H,1H2,(H2,4,5). The Morgan fingerprint density at radius 1 is 1.60 bits per heavy atom. The molecule has 5 nitrogen and oxygen atoms in total. The Morgan fingerprint density at radius 2 is 2.20 bits per heavy atom. The molecule has 0 spiro atoms. The van der Waals surface area contributed by atoms with E-state index in [0.717, 1.165) is 11.9 Å². The summed E-state index contributed by atoms with van der Waals surface area (Å²) in [7, 11) is 0. The Labute approximate surface area is 89.0 Å². The van der Waals surface area contributed by atoms with Crippen molar-refractivity contribution in [2.75, 3.05) is 18.0 Å². The molecule has 1 saturated heterocycles. The van der Waals surface area contributed by atoms with Gasteiger partial charge in [0.15, 0.2) is 0 Å². The zero-order valence-corrected chi connectivity index (χ0v) is 8.65. The number of nitrogens with one attached hydrogen (secondary N) is 1. The van der Waals surface area contributed by atoms with Crippen LogP contribution in [0.2, 0.25) is 0 Å². The molecule has 15 heavy (non-hydrogen) atoms. The second-order valence-corrected chi connectivity index (χ2v) is 3.24. The molecule has 0 radical (unpaired) electrons. The van der Waals surface area contributed by atoms with Crippen LogP contribution in [0.4, 0.5) is 5.82 Å². The third kappa shape index (κ3) is 3.84. The number of nitrogens with zero attached hydrogens (tertiary/aromatic N) is 2. The van der Waals surface area contributed by atoms with E-state index in [9.17, 15) is 4.79 Å². The number of aromatic nitrogens is 2. The zero-order valence-electron chi connectivity index (χ0n) is 8.65. The molecular weight excluding hydrogens is 192 g/mol. The van der Waals surface area contributed by atoms with Crippen molar-refractivity contribution in [3.63, 3.8) is 0 Å². The van der Waals surface area contributed by atoms with Crippen molar-refractivity contribution in [1.82, 2.24) is 10.2 Å². The van der Waals surface area contributed by atoms with Crippen LogP contribution < -0.4 is 10.6 Å². The van der Waals surface area contributed by atoms with Gasteiger partial charge in [-0.15, -0.1) is 0 Å². The lowest BCUT2D eigenvalue weighted by atomic mass is 10.4. The van der Waals surface area contributed by atoms with E-state index in [-0.39, 0.29) is 0 Å². The summed E-state index contributed by atoms with van der Waals surface area (Å²) in [5.41, 5.74) is 4.53. The van der Waals surface area contributed by atoms with Gasteiger partial charge >= 0.3 is 0 Å². The van der Waals surface area contributed by atoms with Gasteiger partial charge in [0.05, 0.1) is 6.20 Å². The Morgan fingerprint density at radius 3 is 2.60 bits per heavy atom. The summed E-state index contributed by atoms with van der Waals surface area (Å²) in [5.74, 6) is 0.683. The molecular formula is C10H16N4O. The molecule has 1 aliphatic heterocycles. The summed E-state index contributed by atoms with van der Waals surface area (Å²) < 4.78 is 0. The van der Waals surface area contributed by atoms with Crippen LogP contribution in [0.5, 0.6) is 0 Å². The second kappa shape index (κ2) is 5.85.